The van der Waals surface area contributed by atoms with Crippen LogP contribution in [-0.2, 0) is 9.59 Å². The Morgan fingerprint density at radius 2 is 1.78 bits per heavy atom. The molecule has 2 fully saturated rings. The number of amides is 2. The number of hydrogen-bond donors (Lipinski definition) is 0. The van der Waals surface area contributed by atoms with Gasteiger partial charge in [-0.1, -0.05) is 23.7 Å². The number of benzene rings is 1. The monoisotopic (exact) mass is 472 g/mol. The molecule has 2 saturated heterocycles. The molecule has 0 unspecified atom stereocenters. The fraction of sp³-hybridized carbons (Fsp3) is 0.440. The fourth-order valence-electron chi connectivity index (χ4n) is 4.59. The van der Waals surface area contributed by atoms with Crippen LogP contribution in [0.15, 0.2) is 47.2 Å². The van der Waals surface area contributed by atoms with Gasteiger partial charge in [-0.2, -0.15) is 11.3 Å². The maximum atomic E-state index is 13.3. The lowest BCUT2D eigenvalue weighted by Crippen LogP contribution is -2.49. The van der Waals surface area contributed by atoms with E-state index in [1.807, 2.05) is 44.8 Å². The number of halogens is 1. The fourth-order valence-corrected chi connectivity index (χ4v) is 5.39. The summed E-state index contributed by atoms with van der Waals surface area (Å²) in [4.78, 5) is 29.7. The Hall–Kier alpha value is -2.31. The Morgan fingerprint density at radius 3 is 2.44 bits per heavy atom. The van der Waals surface area contributed by atoms with E-state index in [2.05, 4.69) is 0 Å². The van der Waals surface area contributed by atoms with Crippen molar-refractivity contribution in [2.24, 2.45) is 5.41 Å². The van der Waals surface area contributed by atoms with E-state index in [4.69, 9.17) is 16.3 Å². The van der Waals surface area contributed by atoms with Crippen LogP contribution in [-0.4, -0.2) is 53.4 Å². The predicted octanol–water partition coefficient (Wildman–Crippen LogP) is 5.11. The van der Waals surface area contributed by atoms with Gasteiger partial charge in [0.25, 0.3) is 5.91 Å². The highest BCUT2D eigenvalue weighted by molar-refractivity contribution is 7.08. The Labute approximate surface area is 198 Å². The molecule has 1 spiro atoms. The van der Waals surface area contributed by atoms with Crippen LogP contribution in [0.1, 0.15) is 38.7 Å². The molecule has 4 rings (SSSR count). The predicted molar refractivity (Wildman–Crippen MR) is 129 cm³/mol. The summed E-state index contributed by atoms with van der Waals surface area (Å²) in [5, 5.41) is 4.52. The number of carbonyl (C=O) groups is 2. The lowest BCUT2D eigenvalue weighted by Gasteiger charge is -2.39. The summed E-state index contributed by atoms with van der Waals surface area (Å²) >= 11 is 7.84. The molecular weight excluding hydrogens is 444 g/mol. The first-order valence-electron chi connectivity index (χ1n) is 11.0. The topological polar surface area (TPSA) is 49.9 Å². The molecule has 2 aliphatic heterocycles. The third-order valence-corrected chi connectivity index (χ3v) is 7.55. The van der Waals surface area contributed by atoms with Crippen LogP contribution in [0.2, 0.25) is 5.02 Å². The van der Waals surface area contributed by atoms with Crippen molar-refractivity contribution in [3.63, 3.8) is 0 Å². The number of thiophene rings is 1. The van der Waals surface area contributed by atoms with Crippen LogP contribution in [0.5, 0.6) is 5.75 Å². The van der Waals surface area contributed by atoms with Crippen molar-refractivity contribution in [1.29, 1.82) is 0 Å². The van der Waals surface area contributed by atoms with Crippen molar-refractivity contribution in [3.05, 3.63) is 57.8 Å². The second kappa shape index (κ2) is 9.28. The Bertz CT molecular complexity index is 994. The molecule has 0 bridgehead atoms. The van der Waals surface area contributed by atoms with Crippen molar-refractivity contribution >= 4 is 40.8 Å². The molecule has 2 amide bonds. The Balaban J connectivity index is 1.32. The number of carbonyl (C=O) groups excluding carboxylic acids is 2. The average molecular weight is 473 g/mol. The van der Waals surface area contributed by atoms with E-state index in [-0.39, 0.29) is 17.2 Å². The number of piperidine rings is 1. The van der Waals surface area contributed by atoms with Crippen LogP contribution in [0.25, 0.3) is 6.08 Å². The molecule has 0 radical (unpaired) electrons. The van der Waals surface area contributed by atoms with Crippen LogP contribution < -0.4 is 4.74 Å². The SMILES string of the molecule is CC(C)(Oc1ccccc1Cl)C(=O)N1CCC2(CCN(C(=O)/C=C/c3ccsc3)CC2)C1. The van der Waals surface area contributed by atoms with Gasteiger partial charge in [0.1, 0.15) is 5.75 Å². The summed E-state index contributed by atoms with van der Waals surface area (Å²) in [7, 11) is 0. The zero-order valence-corrected chi connectivity index (χ0v) is 20.1. The first-order valence-corrected chi connectivity index (χ1v) is 12.3. The Kier molecular flexibility index (Phi) is 6.63. The van der Waals surface area contributed by atoms with Crippen LogP contribution in [0, 0.1) is 5.41 Å². The summed E-state index contributed by atoms with van der Waals surface area (Å²) in [5.41, 5.74) is 0.146. The highest BCUT2D eigenvalue weighted by Gasteiger charge is 2.46. The van der Waals surface area contributed by atoms with Crippen molar-refractivity contribution in [3.8, 4) is 5.75 Å². The van der Waals surface area contributed by atoms with Gasteiger partial charge >= 0.3 is 0 Å². The van der Waals surface area contributed by atoms with E-state index in [1.165, 1.54) is 0 Å². The smallest absolute Gasteiger partial charge is 0.266 e. The van der Waals surface area contributed by atoms with Gasteiger partial charge in [-0.15, -0.1) is 0 Å². The van der Waals surface area contributed by atoms with Gasteiger partial charge in [-0.25, -0.2) is 0 Å². The maximum absolute atomic E-state index is 13.3. The number of nitrogens with zero attached hydrogens (tertiary/aromatic N) is 2. The van der Waals surface area contributed by atoms with E-state index in [1.54, 1.807) is 43.4 Å². The normalized spacial score (nSPS) is 18.5. The quantitative estimate of drug-likeness (QED) is 0.568. The minimum absolute atomic E-state index is 0.0218. The van der Waals surface area contributed by atoms with Crippen molar-refractivity contribution in [1.82, 2.24) is 9.80 Å². The molecule has 2 aromatic rings. The average Bonchev–Trinajstić information content (AvgIpc) is 3.44. The minimum Gasteiger partial charge on any atom is -0.476 e. The number of para-hydroxylation sites is 1. The summed E-state index contributed by atoms with van der Waals surface area (Å²) in [6.45, 7) is 6.49. The first kappa shape index (κ1) is 22.9. The third-order valence-electron chi connectivity index (χ3n) is 6.54. The van der Waals surface area contributed by atoms with Crippen LogP contribution >= 0.6 is 22.9 Å². The zero-order valence-electron chi connectivity index (χ0n) is 18.6. The number of rotatable bonds is 5. The molecule has 1 aromatic heterocycles. The molecule has 7 heteroatoms. The zero-order chi connectivity index (χ0) is 22.8. The summed E-state index contributed by atoms with van der Waals surface area (Å²) in [5.74, 6) is 0.557. The van der Waals surface area contributed by atoms with E-state index in [0.29, 0.717) is 17.3 Å². The molecule has 32 heavy (non-hydrogen) atoms. The number of likely N-dealkylation sites (tertiary alicyclic amines) is 2. The molecule has 170 valence electrons. The van der Waals surface area contributed by atoms with Gasteiger partial charge < -0.3 is 14.5 Å². The highest BCUT2D eigenvalue weighted by atomic mass is 35.5. The molecule has 0 atom stereocenters. The molecule has 3 heterocycles. The van der Waals surface area contributed by atoms with Crippen molar-refractivity contribution < 1.29 is 14.3 Å². The highest BCUT2D eigenvalue weighted by Crippen LogP contribution is 2.41. The molecule has 0 saturated carbocycles. The molecule has 0 N–H and O–H groups in total. The van der Waals surface area contributed by atoms with Gasteiger partial charge in [-0.05, 0) is 79.1 Å². The summed E-state index contributed by atoms with van der Waals surface area (Å²) in [6.07, 6.45) is 6.34. The summed E-state index contributed by atoms with van der Waals surface area (Å²) < 4.78 is 6.01. The molecule has 5 nitrogen and oxygen atoms in total. The van der Waals surface area contributed by atoms with Gasteiger partial charge in [-0.3, -0.25) is 9.59 Å². The van der Waals surface area contributed by atoms with E-state index in [0.717, 1.165) is 44.5 Å². The largest absolute Gasteiger partial charge is 0.476 e. The second-order valence-corrected chi connectivity index (χ2v) is 10.4. The third kappa shape index (κ3) is 5.02. The minimum atomic E-state index is -1.00. The van der Waals surface area contributed by atoms with E-state index in [9.17, 15) is 9.59 Å². The summed E-state index contributed by atoms with van der Waals surface area (Å²) in [6, 6.07) is 9.22. The molecule has 0 aliphatic carbocycles. The molecule has 2 aliphatic rings. The molecular formula is C25H29ClN2O3S. The van der Waals surface area contributed by atoms with Crippen LogP contribution in [0.3, 0.4) is 0 Å². The second-order valence-electron chi connectivity index (χ2n) is 9.23. The van der Waals surface area contributed by atoms with Gasteiger partial charge in [0.15, 0.2) is 5.60 Å². The number of hydrogen-bond acceptors (Lipinski definition) is 4. The van der Waals surface area contributed by atoms with Crippen molar-refractivity contribution in [2.75, 3.05) is 26.2 Å². The van der Waals surface area contributed by atoms with Crippen molar-refractivity contribution in [2.45, 2.75) is 38.7 Å². The van der Waals surface area contributed by atoms with E-state index >= 15 is 0 Å². The van der Waals surface area contributed by atoms with E-state index < -0.39 is 5.60 Å². The molecule has 1 aromatic carbocycles. The standard InChI is InChI=1S/C25H29ClN2O3S/c1-24(2,31-21-6-4-3-5-20(21)26)23(30)28-15-12-25(18-28)10-13-27(14-11-25)22(29)8-7-19-9-16-32-17-19/h3-9,16-17H,10-15,18H2,1-2H3/b8-7+. The van der Waals surface area contributed by atoms with Gasteiger partial charge in [0.2, 0.25) is 5.91 Å². The first-order chi connectivity index (χ1) is 15.3. The number of ether oxygens (including phenoxy) is 1. The lowest BCUT2D eigenvalue weighted by atomic mass is 9.77. The van der Waals surface area contributed by atoms with Gasteiger partial charge in [0.05, 0.1) is 5.02 Å². The van der Waals surface area contributed by atoms with Crippen LogP contribution in [0.4, 0.5) is 0 Å². The Morgan fingerprint density at radius 1 is 1.09 bits per heavy atom. The maximum Gasteiger partial charge on any atom is 0.266 e. The van der Waals surface area contributed by atoms with Gasteiger partial charge in [0, 0.05) is 32.3 Å². The lowest BCUT2D eigenvalue weighted by molar-refractivity contribution is -0.145.